The molecule has 5 rings (SSSR count). The van der Waals surface area contributed by atoms with Gasteiger partial charge >= 0.3 is 5.76 Å². The number of aryl methyl sites for hydroxylation is 1. The normalized spacial score (nSPS) is 16.7. The molecule has 0 amide bonds. The number of aromatic nitrogens is 3. The van der Waals surface area contributed by atoms with Crippen molar-refractivity contribution in [3.63, 3.8) is 0 Å². The van der Waals surface area contributed by atoms with Crippen molar-refractivity contribution in [3.05, 3.63) is 73.1 Å². The first kappa shape index (κ1) is 22.2. The van der Waals surface area contributed by atoms with Crippen LogP contribution in [0.15, 0.2) is 44.3 Å². The Hall–Kier alpha value is -2.64. The molecule has 0 saturated heterocycles. The summed E-state index contributed by atoms with van der Waals surface area (Å²) in [6.45, 7) is 1.35. The molecule has 1 aromatic carbocycles. The number of rotatable bonds is 8. The van der Waals surface area contributed by atoms with Crippen LogP contribution in [0.25, 0.3) is 11.5 Å². The van der Waals surface area contributed by atoms with Gasteiger partial charge in [0, 0.05) is 30.4 Å². The fourth-order valence-corrected chi connectivity index (χ4v) is 5.19. The van der Waals surface area contributed by atoms with Crippen LogP contribution in [0.4, 0.5) is 0 Å². The summed E-state index contributed by atoms with van der Waals surface area (Å²) in [7, 11) is 2.18. The molecule has 3 aromatic rings. The Morgan fingerprint density at radius 2 is 1.88 bits per heavy atom. The van der Waals surface area contributed by atoms with Crippen molar-refractivity contribution in [1.82, 2.24) is 19.7 Å². The molecule has 1 N–H and O–H groups in total. The molecule has 2 heterocycles. The van der Waals surface area contributed by atoms with Crippen LogP contribution < -0.4 is 11.3 Å². The number of hydrogen-bond donors (Lipinski definition) is 1. The van der Waals surface area contributed by atoms with Gasteiger partial charge in [0.05, 0.1) is 0 Å². The Morgan fingerprint density at radius 1 is 1.15 bits per heavy atom. The van der Waals surface area contributed by atoms with E-state index in [1.807, 2.05) is 34.9 Å². The van der Waals surface area contributed by atoms with E-state index in [1.54, 1.807) is 0 Å². The van der Waals surface area contributed by atoms with Crippen molar-refractivity contribution >= 4 is 11.6 Å². The molecule has 8 heteroatoms. The summed E-state index contributed by atoms with van der Waals surface area (Å²) in [5.74, 6) is 0.212. The van der Waals surface area contributed by atoms with E-state index in [2.05, 4.69) is 22.1 Å². The van der Waals surface area contributed by atoms with Crippen molar-refractivity contribution < 1.29 is 4.42 Å². The van der Waals surface area contributed by atoms with Gasteiger partial charge in [-0.2, -0.15) is 0 Å². The molecule has 0 spiro atoms. The number of halogens is 1. The van der Waals surface area contributed by atoms with Crippen LogP contribution in [0.3, 0.4) is 0 Å². The predicted octanol–water partition coefficient (Wildman–Crippen LogP) is 4.34. The average molecular weight is 469 g/mol. The maximum atomic E-state index is 13.1. The zero-order chi connectivity index (χ0) is 22.9. The van der Waals surface area contributed by atoms with Gasteiger partial charge in [-0.1, -0.05) is 36.6 Å². The lowest BCUT2D eigenvalue weighted by molar-refractivity contribution is 0.229. The van der Waals surface area contributed by atoms with Gasteiger partial charge in [0.15, 0.2) is 0 Å². The second kappa shape index (κ2) is 9.31. The fourth-order valence-electron chi connectivity index (χ4n) is 4.97. The molecule has 0 unspecified atom stereocenters. The molecule has 0 atom stereocenters. The molecule has 7 nitrogen and oxygen atoms in total. The number of benzene rings is 1. The monoisotopic (exact) mass is 468 g/mol. The molecular weight excluding hydrogens is 440 g/mol. The van der Waals surface area contributed by atoms with Crippen LogP contribution in [0.1, 0.15) is 61.3 Å². The Labute approximate surface area is 197 Å². The van der Waals surface area contributed by atoms with Gasteiger partial charge in [0.1, 0.15) is 5.02 Å². The van der Waals surface area contributed by atoms with Gasteiger partial charge in [-0.15, -0.1) is 5.10 Å². The molecule has 33 heavy (non-hydrogen) atoms. The number of H-pyrrole nitrogens is 1. The molecule has 0 aliphatic heterocycles. The van der Waals surface area contributed by atoms with E-state index in [9.17, 15) is 9.59 Å². The molecule has 2 saturated carbocycles. The number of hydrogen-bond acceptors (Lipinski definition) is 5. The average Bonchev–Trinajstić information content (AvgIpc) is 3.31. The zero-order valence-corrected chi connectivity index (χ0v) is 19.6. The Balaban J connectivity index is 1.39. The Kier molecular flexibility index (Phi) is 6.25. The van der Waals surface area contributed by atoms with Crippen LogP contribution >= 0.6 is 11.6 Å². The predicted molar refractivity (Wildman–Crippen MR) is 128 cm³/mol. The Bertz CT molecular complexity index is 1230. The lowest BCUT2D eigenvalue weighted by atomic mass is 10.1. The van der Waals surface area contributed by atoms with Gasteiger partial charge in [0.2, 0.25) is 5.89 Å². The summed E-state index contributed by atoms with van der Waals surface area (Å²) < 4.78 is 6.92. The third-order valence-electron chi connectivity index (χ3n) is 7.02. The summed E-state index contributed by atoms with van der Waals surface area (Å²) in [5, 5.41) is 6.45. The van der Waals surface area contributed by atoms with Gasteiger partial charge in [-0.3, -0.25) is 9.69 Å². The third-order valence-corrected chi connectivity index (χ3v) is 7.29. The van der Waals surface area contributed by atoms with E-state index >= 15 is 0 Å². The van der Waals surface area contributed by atoms with E-state index in [-0.39, 0.29) is 11.4 Å². The Morgan fingerprint density at radius 3 is 2.52 bits per heavy atom. The summed E-state index contributed by atoms with van der Waals surface area (Å²) >= 11 is 6.41. The number of aromatic amines is 1. The van der Waals surface area contributed by atoms with Crippen LogP contribution in [0, 0.1) is 0 Å². The van der Waals surface area contributed by atoms with Gasteiger partial charge in [-0.25, -0.2) is 9.89 Å². The first-order valence-electron chi connectivity index (χ1n) is 11.8. The van der Waals surface area contributed by atoms with Crippen LogP contribution in [-0.4, -0.2) is 32.8 Å². The van der Waals surface area contributed by atoms with Crippen molar-refractivity contribution in [2.24, 2.45) is 0 Å². The maximum Gasteiger partial charge on any atom is 0.434 e. The van der Waals surface area contributed by atoms with Gasteiger partial charge < -0.3 is 8.98 Å². The third kappa shape index (κ3) is 4.84. The van der Waals surface area contributed by atoms with E-state index in [0.717, 1.165) is 23.4 Å². The second-order valence-corrected chi connectivity index (χ2v) is 9.75. The quantitative estimate of drug-likeness (QED) is 0.531. The number of nitrogens with one attached hydrogen (secondary N) is 1. The maximum absolute atomic E-state index is 13.1. The van der Waals surface area contributed by atoms with Crippen molar-refractivity contribution in [2.45, 2.75) is 70.0 Å². The first-order valence-corrected chi connectivity index (χ1v) is 12.1. The molecule has 2 aromatic heterocycles. The minimum atomic E-state index is -0.573. The molecule has 0 bridgehead atoms. The van der Waals surface area contributed by atoms with Crippen LogP contribution in [0.5, 0.6) is 0 Å². The summed E-state index contributed by atoms with van der Waals surface area (Å²) in [4.78, 5) is 26.7. The molecule has 2 aliphatic rings. The highest BCUT2D eigenvalue weighted by molar-refractivity contribution is 6.30. The van der Waals surface area contributed by atoms with Crippen molar-refractivity contribution in [3.8, 4) is 11.5 Å². The highest BCUT2D eigenvalue weighted by atomic mass is 35.5. The van der Waals surface area contributed by atoms with Crippen LogP contribution in [0.2, 0.25) is 5.02 Å². The lowest BCUT2D eigenvalue weighted by Gasteiger charge is -2.27. The van der Waals surface area contributed by atoms with E-state index in [4.69, 9.17) is 16.0 Å². The largest absolute Gasteiger partial charge is 0.434 e. The highest BCUT2D eigenvalue weighted by Gasteiger charge is 2.30. The van der Waals surface area contributed by atoms with E-state index in [1.165, 1.54) is 44.1 Å². The molecule has 2 aliphatic carbocycles. The smallest absolute Gasteiger partial charge is 0.388 e. The lowest BCUT2D eigenvalue weighted by Crippen LogP contribution is -2.34. The van der Waals surface area contributed by atoms with Crippen LogP contribution in [-0.2, 0) is 19.5 Å². The molecule has 174 valence electrons. The highest BCUT2D eigenvalue weighted by Crippen LogP contribution is 2.42. The van der Waals surface area contributed by atoms with E-state index < -0.39 is 5.76 Å². The minimum absolute atomic E-state index is 0.106. The first-order chi connectivity index (χ1) is 16.0. The molecule has 2 fully saturated rings. The number of nitrogens with zero attached hydrogens (tertiary/aromatic N) is 3. The minimum Gasteiger partial charge on any atom is -0.388 e. The topological polar surface area (TPSA) is 84.1 Å². The van der Waals surface area contributed by atoms with Crippen molar-refractivity contribution in [2.75, 3.05) is 7.05 Å². The zero-order valence-electron chi connectivity index (χ0n) is 18.8. The molecular formula is C25H29ClN4O3. The fraction of sp³-hybridized carbons (Fsp3) is 0.480. The summed E-state index contributed by atoms with van der Waals surface area (Å²) in [6, 6.07) is 10.2. The van der Waals surface area contributed by atoms with E-state index in [0.29, 0.717) is 29.9 Å². The second-order valence-electron chi connectivity index (χ2n) is 9.34. The summed E-state index contributed by atoms with van der Waals surface area (Å²) in [6.07, 6.45) is 8.07. The van der Waals surface area contributed by atoms with Gasteiger partial charge in [-0.05, 0) is 74.4 Å². The molecule has 0 radical (unpaired) electrons. The van der Waals surface area contributed by atoms with Gasteiger partial charge in [0.25, 0.3) is 5.56 Å². The standard InChI is InChI=1S/C25H29ClN4O3/c1-29(19-4-2-3-5-19)15-22-20(17-10-11-17)14-21(26)24(31)30(22)13-12-16-6-8-18(9-7-16)23-27-28-25(32)33-23/h6-9,14,17,19H,2-5,10-13,15H2,1H3,(H,28,32). The SMILES string of the molecule is CN(Cc1c(C2CC2)cc(Cl)c(=O)n1CCc1ccc(-c2n[nH]c(=O)o2)cc1)C1CCCC1. The summed E-state index contributed by atoms with van der Waals surface area (Å²) in [5.41, 5.74) is 4.08. The number of pyridine rings is 1. The van der Waals surface area contributed by atoms with Crippen molar-refractivity contribution in [1.29, 1.82) is 0 Å².